The molecule has 0 spiro atoms. The Morgan fingerprint density at radius 3 is 2.65 bits per heavy atom. The summed E-state index contributed by atoms with van der Waals surface area (Å²) in [5.41, 5.74) is 2.91. The van der Waals surface area contributed by atoms with Crippen LogP contribution >= 0.6 is 0 Å². The number of nitrogens with zero attached hydrogens (tertiary/aromatic N) is 5. The summed E-state index contributed by atoms with van der Waals surface area (Å²) >= 11 is 0. The first kappa shape index (κ1) is 14.8. The van der Waals surface area contributed by atoms with Crippen LogP contribution in [0.5, 0.6) is 0 Å². The van der Waals surface area contributed by atoms with Gasteiger partial charge in [0.05, 0.1) is 16.1 Å². The van der Waals surface area contributed by atoms with Crippen LogP contribution < -0.4 is 0 Å². The highest BCUT2D eigenvalue weighted by atomic mass is 16.6. The molecule has 1 aromatic carbocycles. The number of non-ortho nitro benzene ring substituents is 1. The van der Waals surface area contributed by atoms with E-state index in [-0.39, 0.29) is 11.7 Å². The highest BCUT2D eigenvalue weighted by Crippen LogP contribution is 2.34. The predicted molar refractivity (Wildman–Crippen MR) is 85.9 cm³/mol. The van der Waals surface area contributed by atoms with E-state index >= 15 is 0 Å². The molecule has 2 heterocycles. The second kappa shape index (κ2) is 5.25. The van der Waals surface area contributed by atoms with Crippen LogP contribution in [0.4, 0.5) is 5.69 Å². The molecule has 0 aliphatic carbocycles. The lowest BCUT2D eigenvalue weighted by molar-refractivity contribution is -0.384. The van der Waals surface area contributed by atoms with Gasteiger partial charge in [0, 0.05) is 48.4 Å². The Morgan fingerprint density at radius 2 is 2.09 bits per heavy atom. The van der Waals surface area contributed by atoms with Crippen molar-refractivity contribution in [3.8, 4) is 17.3 Å². The molecule has 0 amide bonds. The van der Waals surface area contributed by atoms with Gasteiger partial charge in [0.1, 0.15) is 6.07 Å². The Labute approximate surface area is 132 Å². The first-order valence-electron chi connectivity index (χ1n) is 7.16. The van der Waals surface area contributed by atoms with Gasteiger partial charge in [-0.15, -0.1) is 0 Å². The molecule has 7 heteroatoms. The number of aryl methyl sites for hydroxylation is 1. The summed E-state index contributed by atoms with van der Waals surface area (Å²) in [7, 11) is 1.78. The highest BCUT2D eigenvalue weighted by molar-refractivity contribution is 5.96. The number of hydrogen-bond donors (Lipinski definition) is 0. The van der Waals surface area contributed by atoms with Gasteiger partial charge in [-0.2, -0.15) is 10.4 Å². The molecule has 23 heavy (non-hydrogen) atoms. The van der Waals surface area contributed by atoms with E-state index in [2.05, 4.69) is 5.10 Å². The van der Waals surface area contributed by atoms with Crippen molar-refractivity contribution < 1.29 is 4.92 Å². The number of nitro benzene ring substituents is 1. The number of aromatic nitrogens is 3. The molecule has 3 rings (SSSR count). The van der Waals surface area contributed by atoms with Gasteiger partial charge in [0.15, 0.2) is 5.69 Å². The second-order valence-electron chi connectivity index (χ2n) is 5.65. The van der Waals surface area contributed by atoms with Crippen LogP contribution in [0.25, 0.3) is 22.2 Å². The fourth-order valence-corrected chi connectivity index (χ4v) is 2.76. The van der Waals surface area contributed by atoms with Gasteiger partial charge in [0.2, 0.25) is 0 Å². The smallest absolute Gasteiger partial charge is 0.271 e. The fourth-order valence-electron chi connectivity index (χ4n) is 2.76. The summed E-state index contributed by atoms with van der Waals surface area (Å²) in [5, 5.41) is 25.1. The average Bonchev–Trinajstić information content (AvgIpc) is 3.06. The maximum atomic E-state index is 11.0. The van der Waals surface area contributed by atoms with E-state index in [1.165, 1.54) is 6.07 Å². The van der Waals surface area contributed by atoms with Gasteiger partial charge in [-0.25, -0.2) is 0 Å². The summed E-state index contributed by atoms with van der Waals surface area (Å²) in [6.45, 7) is 4.04. The van der Waals surface area contributed by atoms with Crippen LogP contribution in [0, 0.1) is 21.4 Å². The largest absolute Gasteiger partial charge is 0.344 e. The van der Waals surface area contributed by atoms with Gasteiger partial charge < -0.3 is 4.57 Å². The highest BCUT2D eigenvalue weighted by Gasteiger charge is 2.18. The maximum absolute atomic E-state index is 11.0. The van der Waals surface area contributed by atoms with E-state index < -0.39 is 4.92 Å². The van der Waals surface area contributed by atoms with Crippen LogP contribution in [0.1, 0.15) is 25.6 Å². The minimum Gasteiger partial charge on any atom is -0.344 e. The Hall–Kier alpha value is -3.14. The molecule has 0 N–H and O–H groups in total. The first-order chi connectivity index (χ1) is 10.9. The van der Waals surface area contributed by atoms with Gasteiger partial charge in [-0.05, 0) is 19.9 Å². The van der Waals surface area contributed by atoms with Gasteiger partial charge in [0.25, 0.3) is 5.69 Å². The van der Waals surface area contributed by atoms with E-state index in [9.17, 15) is 10.1 Å². The third kappa shape index (κ3) is 2.34. The number of nitriles is 1. The van der Waals surface area contributed by atoms with E-state index in [1.54, 1.807) is 29.9 Å². The van der Waals surface area contributed by atoms with Gasteiger partial charge >= 0.3 is 0 Å². The van der Waals surface area contributed by atoms with E-state index in [0.29, 0.717) is 5.69 Å². The van der Waals surface area contributed by atoms with E-state index in [4.69, 9.17) is 5.26 Å². The summed E-state index contributed by atoms with van der Waals surface area (Å²) in [6, 6.07) is 8.74. The normalized spacial score (nSPS) is 11.1. The molecule has 0 aliphatic heterocycles. The molecule has 2 aromatic heterocycles. The zero-order valence-corrected chi connectivity index (χ0v) is 13.0. The van der Waals surface area contributed by atoms with E-state index in [0.717, 1.165) is 22.2 Å². The molecule has 0 saturated carbocycles. The standard InChI is InChI=1S/C16H15N5O2/c1-10(2)20-9-14(15-6-11(8-17)18-19(15)3)13-5-4-12(21(22)23)7-16(13)20/h4-7,9-10H,1-3H3. The molecule has 0 atom stereocenters. The zero-order chi connectivity index (χ0) is 16.7. The van der Waals surface area contributed by atoms with Gasteiger partial charge in [-0.3, -0.25) is 14.8 Å². The molecule has 116 valence electrons. The Kier molecular flexibility index (Phi) is 3.37. The number of rotatable bonds is 3. The second-order valence-corrected chi connectivity index (χ2v) is 5.65. The lowest BCUT2D eigenvalue weighted by Gasteiger charge is -2.08. The molecule has 0 fully saturated rings. The quantitative estimate of drug-likeness (QED) is 0.547. The molecule has 0 saturated heterocycles. The summed E-state index contributed by atoms with van der Waals surface area (Å²) in [6.07, 6.45) is 1.96. The van der Waals surface area contributed by atoms with Crippen molar-refractivity contribution in [2.45, 2.75) is 19.9 Å². The topological polar surface area (TPSA) is 89.7 Å². The number of fused-ring (bicyclic) bond motifs is 1. The lowest BCUT2D eigenvalue weighted by Crippen LogP contribution is -1.98. The third-order valence-electron chi connectivity index (χ3n) is 3.86. The van der Waals surface area contributed by atoms with Crippen molar-refractivity contribution in [1.29, 1.82) is 5.26 Å². The van der Waals surface area contributed by atoms with Crippen LogP contribution in [0.15, 0.2) is 30.5 Å². The van der Waals surface area contributed by atoms with Gasteiger partial charge in [-0.1, -0.05) is 0 Å². The van der Waals surface area contributed by atoms with Crippen molar-refractivity contribution in [2.24, 2.45) is 7.05 Å². The Bertz CT molecular complexity index is 959. The van der Waals surface area contributed by atoms with Crippen LogP contribution in [0.3, 0.4) is 0 Å². The molecule has 0 unspecified atom stereocenters. The molecular weight excluding hydrogens is 294 g/mol. The first-order valence-corrected chi connectivity index (χ1v) is 7.16. The summed E-state index contributed by atoms with van der Waals surface area (Å²) in [5.74, 6) is 0. The number of benzene rings is 1. The Balaban J connectivity index is 2.32. The summed E-state index contributed by atoms with van der Waals surface area (Å²) < 4.78 is 3.65. The van der Waals surface area contributed by atoms with Crippen molar-refractivity contribution in [3.63, 3.8) is 0 Å². The Morgan fingerprint density at radius 1 is 1.35 bits per heavy atom. The van der Waals surface area contributed by atoms with E-state index in [1.807, 2.05) is 30.7 Å². The average molecular weight is 309 g/mol. The summed E-state index contributed by atoms with van der Waals surface area (Å²) in [4.78, 5) is 10.7. The molecule has 0 bridgehead atoms. The zero-order valence-electron chi connectivity index (χ0n) is 13.0. The SMILES string of the molecule is CC(C)n1cc(-c2cc(C#N)nn2C)c2ccc([N+](=O)[O-])cc21. The maximum Gasteiger partial charge on any atom is 0.271 e. The fraction of sp³-hybridized carbons (Fsp3) is 0.250. The molecule has 3 aromatic rings. The van der Waals surface area contributed by atoms with Crippen molar-refractivity contribution >= 4 is 16.6 Å². The number of hydrogen-bond acceptors (Lipinski definition) is 4. The molecule has 0 aliphatic rings. The predicted octanol–water partition coefficient (Wildman–Crippen LogP) is 3.40. The third-order valence-corrected chi connectivity index (χ3v) is 3.86. The van der Waals surface area contributed by atoms with Crippen LogP contribution in [-0.2, 0) is 7.05 Å². The van der Waals surface area contributed by atoms with Crippen molar-refractivity contribution in [1.82, 2.24) is 14.3 Å². The molecule has 0 radical (unpaired) electrons. The minimum atomic E-state index is -0.394. The monoisotopic (exact) mass is 309 g/mol. The van der Waals surface area contributed by atoms with Crippen molar-refractivity contribution in [3.05, 3.63) is 46.3 Å². The van der Waals surface area contributed by atoms with Crippen LogP contribution in [0.2, 0.25) is 0 Å². The molecule has 7 nitrogen and oxygen atoms in total. The lowest BCUT2D eigenvalue weighted by atomic mass is 10.1. The number of nitro groups is 1. The minimum absolute atomic E-state index is 0.0618. The van der Waals surface area contributed by atoms with Crippen molar-refractivity contribution in [2.75, 3.05) is 0 Å². The van der Waals surface area contributed by atoms with Crippen LogP contribution in [-0.4, -0.2) is 19.3 Å². The molecular formula is C16H15N5O2.